The predicted molar refractivity (Wildman–Crippen MR) is 107 cm³/mol. The maximum Gasteiger partial charge on any atom is 0.313 e. The summed E-state index contributed by atoms with van der Waals surface area (Å²) in [5.41, 5.74) is 0. The maximum atomic E-state index is 9.29. The average Bonchev–Trinajstić information content (AvgIpc) is 2.62. The van der Waals surface area contributed by atoms with Gasteiger partial charge in [0.05, 0.1) is 24.7 Å². The topological polar surface area (TPSA) is 124 Å². The predicted octanol–water partition coefficient (Wildman–Crippen LogP) is 2.36. The molecular formula is C16H36O7S2. The molecule has 0 aromatic carbocycles. The number of aliphatic hydroxyl groups excluding tert-OH is 2. The first-order chi connectivity index (χ1) is 11.9. The fourth-order valence-corrected chi connectivity index (χ4v) is 1.01. The number of rotatable bonds is 11. The van der Waals surface area contributed by atoms with Crippen LogP contribution in [0.5, 0.6) is 0 Å². The Bertz CT molecular complexity index is 231. The van der Waals surface area contributed by atoms with Crippen molar-refractivity contribution in [2.45, 2.75) is 52.4 Å². The van der Waals surface area contributed by atoms with Crippen LogP contribution in [0.25, 0.3) is 0 Å². The number of carboxylic acid groups (broad SMARTS) is 2. The Hall–Kier alpha value is -0.480. The summed E-state index contributed by atoms with van der Waals surface area (Å²) < 4.78 is 5.44. The van der Waals surface area contributed by atoms with Crippen LogP contribution in [0.3, 0.4) is 0 Å². The van der Waals surface area contributed by atoms with E-state index in [1.165, 1.54) is 38.5 Å². The Balaban J connectivity index is -0.000000132. The molecule has 0 aliphatic carbocycles. The van der Waals surface area contributed by atoms with Crippen molar-refractivity contribution in [3.8, 4) is 0 Å². The smallest absolute Gasteiger partial charge is 0.313 e. The van der Waals surface area contributed by atoms with Gasteiger partial charge in [-0.2, -0.15) is 25.3 Å². The number of hydrogen-bond acceptors (Lipinski definition) is 7. The van der Waals surface area contributed by atoms with Gasteiger partial charge in [0.2, 0.25) is 0 Å². The molecule has 0 aliphatic rings. The summed E-state index contributed by atoms with van der Waals surface area (Å²) in [6, 6.07) is 0. The quantitative estimate of drug-likeness (QED) is 0.231. The van der Waals surface area contributed by atoms with Gasteiger partial charge in [-0.1, -0.05) is 39.5 Å². The zero-order chi connectivity index (χ0) is 20.3. The summed E-state index contributed by atoms with van der Waals surface area (Å²) in [6.07, 6.45) is 7.68. The molecule has 0 saturated heterocycles. The minimum absolute atomic E-state index is 0.0833. The number of unbranched alkanes of at least 4 members (excludes halogenated alkanes) is 4. The van der Waals surface area contributed by atoms with Crippen LogP contribution in [0.4, 0.5) is 0 Å². The third-order valence-electron chi connectivity index (χ3n) is 2.15. The fraction of sp³-hybridized carbons (Fsp3) is 0.875. The molecule has 0 unspecified atom stereocenters. The lowest BCUT2D eigenvalue weighted by Crippen LogP contribution is -1.96. The van der Waals surface area contributed by atoms with Gasteiger partial charge in [-0.15, -0.1) is 0 Å². The van der Waals surface area contributed by atoms with Gasteiger partial charge in [0.25, 0.3) is 0 Å². The number of ether oxygens (including phenoxy) is 1. The lowest BCUT2D eigenvalue weighted by molar-refractivity contribution is -0.134. The Kier molecular flexibility index (Phi) is 44.8. The molecule has 0 bridgehead atoms. The first-order valence-electron chi connectivity index (χ1n) is 8.32. The van der Waals surface area contributed by atoms with Crippen LogP contribution in [0.15, 0.2) is 0 Å². The number of carboxylic acids is 2. The van der Waals surface area contributed by atoms with E-state index in [1.807, 2.05) is 0 Å². The van der Waals surface area contributed by atoms with Crippen molar-refractivity contribution < 1.29 is 34.8 Å². The van der Waals surface area contributed by atoms with E-state index in [0.29, 0.717) is 0 Å². The molecule has 9 heteroatoms. The Morgan fingerprint density at radius 1 is 0.760 bits per heavy atom. The van der Waals surface area contributed by atoms with Crippen molar-refractivity contribution in [3.05, 3.63) is 0 Å². The SMILES string of the molecule is CCCCCOCCCCC.O=C(O)CS.O=C(O)CS.OCCO. The zero-order valence-electron chi connectivity index (χ0n) is 15.4. The van der Waals surface area contributed by atoms with E-state index < -0.39 is 11.9 Å². The molecule has 0 aliphatic heterocycles. The standard InChI is InChI=1S/C10H22O.2C2H4O2S.C2H6O2/c1-3-5-7-9-11-10-8-6-4-2;2*3-2(4)1-5;3-1-2-4/h3-10H2,1-2H3;2*5H,1H2,(H,3,4);3-4H,1-2H2. The minimum atomic E-state index is -0.881. The van der Waals surface area contributed by atoms with Gasteiger partial charge in [-0.05, 0) is 12.8 Å². The summed E-state index contributed by atoms with van der Waals surface area (Å²) >= 11 is 6.83. The van der Waals surface area contributed by atoms with E-state index in [9.17, 15) is 9.59 Å². The molecule has 0 aromatic rings. The van der Waals surface area contributed by atoms with E-state index >= 15 is 0 Å². The van der Waals surface area contributed by atoms with Crippen molar-refractivity contribution in [1.29, 1.82) is 0 Å². The molecular weight excluding hydrogens is 368 g/mol. The highest BCUT2D eigenvalue weighted by atomic mass is 32.1. The van der Waals surface area contributed by atoms with E-state index in [1.54, 1.807) is 0 Å². The summed E-state index contributed by atoms with van der Waals surface area (Å²) in [5, 5.41) is 30.5. The number of hydrogen-bond donors (Lipinski definition) is 6. The Labute approximate surface area is 162 Å². The molecule has 25 heavy (non-hydrogen) atoms. The van der Waals surface area contributed by atoms with Gasteiger partial charge in [-0.25, -0.2) is 0 Å². The summed E-state index contributed by atoms with van der Waals surface area (Å²) in [7, 11) is 0. The van der Waals surface area contributed by atoms with Crippen LogP contribution < -0.4 is 0 Å². The zero-order valence-corrected chi connectivity index (χ0v) is 17.2. The highest BCUT2D eigenvalue weighted by Gasteiger charge is 1.88. The van der Waals surface area contributed by atoms with Crippen molar-refractivity contribution in [1.82, 2.24) is 0 Å². The maximum absolute atomic E-state index is 9.29. The van der Waals surface area contributed by atoms with Crippen LogP contribution >= 0.6 is 25.3 Å². The number of aliphatic carboxylic acids is 2. The molecule has 154 valence electrons. The molecule has 0 radical (unpaired) electrons. The average molecular weight is 405 g/mol. The number of thiol groups is 2. The Morgan fingerprint density at radius 3 is 1.20 bits per heavy atom. The van der Waals surface area contributed by atoms with Gasteiger partial charge in [0.15, 0.2) is 0 Å². The van der Waals surface area contributed by atoms with Crippen molar-refractivity contribution in [3.63, 3.8) is 0 Å². The third-order valence-corrected chi connectivity index (χ3v) is 2.70. The first-order valence-corrected chi connectivity index (χ1v) is 9.58. The summed E-state index contributed by atoms with van der Waals surface area (Å²) in [6.45, 7) is 6.13. The van der Waals surface area contributed by atoms with Gasteiger partial charge < -0.3 is 25.2 Å². The van der Waals surface area contributed by atoms with Crippen LogP contribution in [-0.4, -0.2) is 70.3 Å². The second-order valence-electron chi connectivity index (χ2n) is 4.58. The third kappa shape index (κ3) is 69.5. The highest BCUT2D eigenvalue weighted by Crippen LogP contribution is 1.97. The molecule has 4 N–H and O–H groups in total. The normalized spacial score (nSPS) is 8.72. The van der Waals surface area contributed by atoms with Crippen LogP contribution in [0, 0.1) is 0 Å². The van der Waals surface area contributed by atoms with Crippen LogP contribution in [0.2, 0.25) is 0 Å². The number of carbonyl (C=O) groups is 2. The summed E-state index contributed by atoms with van der Waals surface area (Å²) in [4.78, 5) is 18.6. The largest absolute Gasteiger partial charge is 0.481 e. The van der Waals surface area contributed by atoms with Crippen LogP contribution in [-0.2, 0) is 14.3 Å². The summed E-state index contributed by atoms with van der Waals surface area (Å²) in [5.74, 6) is -1.93. The Morgan fingerprint density at radius 2 is 1.04 bits per heavy atom. The molecule has 0 fully saturated rings. The monoisotopic (exact) mass is 404 g/mol. The molecule has 0 spiro atoms. The molecule has 0 saturated carbocycles. The lowest BCUT2D eigenvalue weighted by Gasteiger charge is -2.01. The highest BCUT2D eigenvalue weighted by molar-refractivity contribution is 7.81. The second kappa shape index (κ2) is 34.8. The van der Waals surface area contributed by atoms with Crippen LogP contribution in [0.1, 0.15) is 52.4 Å². The van der Waals surface area contributed by atoms with Gasteiger partial charge >= 0.3 is 11.9 Å². The molecule has 0 rings (SSSR count). The van der Waals surface area contributed by atoms with Gasteiger partial charge in [0.1, 0.15) is 0 Å². The van der Waals surface area contributed by atoms with E-state index in [-0.39, 0.29) is 24.7 Å². The lowest BCUT2D eigenvalue weighted by atomic mass is 10.2. The van der Waals surface area contributed by atoms with Crippen molar-refractivity contribution >= 4 is 37.2 Å². The molecule has 7 nitrogen and oxygen atoms in total. The number of aliphatic hydroxyl groups is 2. The van der Waals surface area contributed by atoms with E-state index in [2.05, 4.69) is 39.1 Å². The molecule has 0 aromatic heterocycles. The van der Waals surface area contributed by atoms with Crippen molar-refractivity contribution in [2.75, 3.05) is 37.9 Å². The molecule has 0 heterocycles. The fourth-order valence-electron chi connectivity index (χ4n) is 1.01. The van der Waals surface area contributed by atoms with Crippen molar-refractivity contribution in [2.24, 2.45) is 0 Å². The molecule has 0 atom stereocenters. The van der Waals surface area contributed by atoms with Gasteiger partial charge in [-0.3, -0.25) is 9.59 Å². The van der Waals surface area contributed by atoms with E-state index in [4.69, 9.17) is 25.2 Å². The first kappa shape index (κ1) is 32.2. The minimum Gasteiger partial charge on any atom is -0.481 e. The van der Waals surface area contributed by atoms with E-state index in [0.717, 1.165) is 13.2 Å². The molecule has 0 amide bonds. The second-order valence-corrected chi connectivity index (χ2v) is 5.21. The van der Waals surface area contributed by atoms with Gasteiger partial charge in [0, 0.05) is 13.2 Å².